The lowest BCUT2D eigenvalue weighted by molar-refractivity contribution is 0.0349. The van der Waals surface area contributed by atoms with Crippen LogP contribution in [0.3, 0.4) is 0 Å². The molecule has 0 fully saturated rings. The van der Waals surface area contributed by atoms with Crippen molar-refractivity contribution < 1.29 is 9.53 Å². The first kappa shape index (κ1) is 18.7. The lowest BCUT2D eigenvalue weighted by Crippen LogP contribution is -2.40. The van der Waals surface area contributed by atoms with Crippen molar-refractivity contribution in [2.24, 2.45) is 0 Å². The molecule has 0 aliphatic carbocycles. The molecule has 1 aromatic heterocycles. The molecular formula is C24H28N2O2. The number of ether oxygens (including phenoxy) is 1. The summed E-state index contributed by atoms with van der Waals surface area (Å²) < 4.78 is 6.25. The van der Waals surface area contributed by atoms with E-state index in [0.29, 0.717) is 6.42 Å². The fourth-order valence-electron chi connectivity index (χ4n) is 4.14. The smallest absolute Gasteiger partial charge is 0.170 e. The molecule has 1 aliphatic rings. The highest BCUT2D eigenvalue weighted by Crippen LogP contribution is 2.38. The molecule has 1 aliphatic heterocycles. The van der Waals surface area contributed by atoms with E-state index in [9.17, 15) is 4.79 Å². The van der Waals surface area contributed by atoms with Crippen molar-refractivity contribution in [1.29, 1.82) is 0 Å². The Bertz CT molecular complexity index is 1030. The molecule has 1 N–H and O–H groups in total. The molecular weight excluding hydrogens is 348 g/mol. The number of fused-ring (bicyclic) bond motifs is 2. The van der Waals surface area contributed by atoms with Crippen LogP contribution in [0.2, 0.25) is 0 Å². The van der Waals surface area contributed by atoms with Gasteiger partial charge in [0.25, 0.3) is 0 Å². The number of carbonyl (C=O) groups is 1. The number of aromatic nitrogens is 2. The zero-order valence-electron chi connectivity index (χ0n) is 17.1. The van der Waals surface area contributed by atoms with E-state index in [2.05, 4.69) is 56.9 Å². The van der Waals surface area contributed by atoms with Crippen LogP contribution in [-0.2, 0) is 6.42 Å². The van der Waals surface area contributed by atoms with Crippen molar-refractivity contribution in [3.63, 3.8) is 0 Å². The fraction of sp³-hybridized carbons (Fsp3) is 0.417. The van der Waals surface area contributed by atoms with E-state index < -0.39 is 0 Å². The van der Waals surface area contributed by atoms with Gasteiger partial charge in [-0.25, -0.2) is 4.98 Å². The quantitative estimate of drug-likeness (QED) is 0.617. The number of rotatable bonds is 5. The maximum absolute atomic E-state index is 12.8. The largest absolute Gasteiger partial charge is 0.486 e. The highest BCUT2D eigenvalue weighted by Gasteiger charge is 2.37. The summed E-state index contributed by atoms with van der Waals surface area (Å²) >= 11 is 0. The number of carbonyl (C=O) groups excluding carboxylic acids is 1. The van der Waals surface area contributed by atoms with Crippen LogP contribution in [-0.4, -0.2) is 21.4 Å². The van der Waals surface area contributed by atoms with Gasteiger partial charge in [-0.2, -0.15) is 0 Å². The van der Waals surface area contributed by atoms with Gasteiger partial charge in [-0.15, -0.1) is 0 Å². The Morgan fingerprint density at radius 1 is 1.18 bits per heavy atom. The lowest BCUT2D eigenvalue weighted by Gasteiger charge is -2.37. The Labute approximate surface area is 166 Å². The van der Waals surface area contributed by atoms with Crippen LogP contribution in [0.4, 0.5) is 0 Å². The third kappa shape index (κ3) is 3.32. The molecule has 0 saturated carbocycles. The number of Topliss-reactive ketones (excluding diaryl/α,β-unsaturated/α-hetero) is 1. The highest BCUT2D eigenvalue weighted by atomic mass is 16.5. The van der Waals surface area contributed by atoms with Gasteiger partial charge in [0.05, 0.1) is 23.0 Å². The third-order valence-electron chi connectivity index (χ3n) is 6.16. The van der Waals surface area contributed by atoms with E-state index in [1.165, 1.54) is 5.56 Å². The topological polar surface area (TPSA) is 55.0 Å². The van der Waals surface area contributed by atoms with Gasteiger partial charge >= 0.3 is 0 Å². The monoisotopic (exact) mass is 376 g/mol. The first-order valence-corrected chi connectivity index (χ1v) is 10.2. The first-order valence-electron chi connectivity index (χ1n) is 10.2. The minimum Gasteiger partial charge on any atom is -0.486 e. The summed E-state index contributed by atoms with van der Waals surface area (Å²) in [6.45, 7) is 8.44. The Hall–Kier alpha value is -2.62. The molecule has 28 heavy (non-hydrogen) atoms. The van der Waals surface area contributed by atoms with Gasteiger partial charge in [-0.05, 0) is 61.1 Å². The van der Waals surface area contributed by atoms with Gasteiger partial charge in [-0.3, -0.25) is 4.79 Å². The van der Waals surface area contributed by atoms with Gasteiger partial charge in [0, 0.05) is 6.42 Å². The second kappa shape index (κ2) is 7.08. The highest BCUT2D eigenvalue weighted by molar-refractivity contribution is 6.00. The second-order valence-electron chi connectivity index (χ2n) is 8.16. The number of H-pyrrole nitrogens is 1. The van der Waals surface area contributed by atoms with Crippen LogP contribution in [0, 0.1) is 6.92 Å². The number of benzene rings is 2. The Morgan fingerprint density at radius 3 is 2.71 bits per heavy atom. The van der Waals surface area contributed by atoms with Gasteiger partial charge < -0.3 is 9.72 Å². The summed E-state index contributed by atoms with van der Waals surface area (Å²) in [5, 5.41) is 0. The van der Waals surface area contributed by atoms with Gasteiger partial charge in [0.2, 0.25) is 0 Å². The van der Waals surface area contributed by atoms with E-state index in [1.807, 2.05) is 12.1 Å². The van der Waals surface area contributed by atoms with Crippen molar-refractivity contribution in [2.75, 3.05) is 0 Å². The van der Waals surface area contributed by atoms with Crippen LogP contribution in [0.25, 0.3) is 11.0 Å². The summed E-state index contributed by atoms with van der Waals surface area (Å²) in [4.78, 5) is 21.0. The van der Waals surface area contributed by atoms with E-state index in [0.717, 1.165) is 53.0 Å². The minimum atomic E-state index is -0.344. The molecule has 2 aromatic carbocycles. The Morgan fingerprint density at radius 2 is 1.96 bits per heavy atom. The molecule has 1 unspecified atom stereocenters. The summed E-state index contributed by atoms with van der Waals surface area (Å²) in [7, 11) is 0. The number of ketones is 1. The fourth-order valence-corrected chi connectivity index (χ4v) is 4.14. The molecule has 2 heterocycles. The predicted molar refractivity (Wildman–Crippen MR) is 112 cm³/mol. The molecule has 0 spiro atoms. The van der Waals surface area contributed by atoms with Crippen LogP contribution in [0.5, 0.6) is 5.75 Å². The number of nitrogens with zero attached hydrogens (tertiary/aromatic N) is 1. The van der Waals surface area contributed by atoms with Crippen molar-refractivity contribution >= 4 is 16.8 Å². The van der Waals surface area contributed by atoms with Crippen LogP contribution < -0.4 is 4.74 Å². The van der Waals surface area contributed by atoms with Crippen LogP contribution in [0.15, 0.2) is 36.4 Å². The Balaban J connectivity index is 1.58. The molecule has 0 radical (unpaired) electrons. The summed E-state index contributed by atoms with van der Waals surface area (Å²) in [5.74, 6) is 2.15. The molecule has 0 bridgehead atoms. The van der Waals surface area contributed by atoms with Crippen molar-refractivity contribution in [3.05, 3.63) is 58.9 Å². The summed E-state index contributed by atoms with van der Waals surface area (Å²) in [6.07, 6.45) is 2.96. The number of aryl methyl sites for hydroxylation is 1. The molecule has 0 saturated heterocycles. The molecule has 146 valence electrons. The van der Waals surface area contributed by atoms with E-state index in [1.54, 1.807) is 0 Å². The summed E-state index contributed by atoms with van der Waals surface area (Å²) in [6, 6.07) is 12.3. The molecule has 4 nitrogen and oxygen atoms in total. The standard InChI is InChI=1S/C24H28N2O2/c1-5-24(6-2)14-21(27)18-13-17(8-10-22(18)28-24)16(4)12-23-25-19-9-7-15(3)11-20(19)26-23/h7-11,13,16H,5-6,12,14H2,1-4H3,(H,25,26). The van der Waals surface area contributed by atoms with E-state index in [-0.39, 0.29) is 17.3 Å². The van der Waals surface area contributed by atoms with Gasteiger partial charge in [0.15, 0.2) is 5.78 Å². The average Bonchev–Trinajstić information content (AvgIpc) is 3.08. The zero-order valence-corrected chi connectivity index (χ0v) is 17.1. The molecule has 4 rings (SSSR count). The SMILES string of the molecule is CCC1(CC)CC(=O)c2cc(C(C)Cc3nc4cc(C)ccc4[nH]3)ccc2O1. The van der Waals surface area contributed by atoms with Crippen molar-refractivity contribution in [3.8, 4) is 5.75 Å². The number of aromatic amines is 1. The maximum Gasteiger partial charge on any atom is 0.170 e. The molecule has 3 aromatic rings. The zero-order chi connectivity index (χ0) is 19.9. The van der Waals surface area contributed by atoms with Crippen molar-refractivity contribution in [2.45, 2.75) is 64.9 Å². The molecule has 1 atom stereocenters. The Kier molecular flexibility index (Phi) is 4.74. The van der Waals surface area contributed by atoms with Crippen LogP contribution in [0.1, 0.15) is 73.3 Å². The van der Waals surface area contributed by atoms with E-state index >= 15 is 0 Å². The third-order valence-corrected chi connectivity index (χ3v) is 6.16. The lowest BCUT2D eigenvalue weighted by atomic mass is 9.84. The molecule has 4 heteroatoms. The number of hydrogen-bond donors (Lipinski definition) is 1. The van der Waals surface area contributed by atoms with Crippen LogP contribution >= 0.6 is 0 Å². The van der Waals surface area contributed by atoms with Gasteiger partial charge in [0.1, 0.15) is 17.2 Å². The maximum atomic E-state index is 12.8. The normalized spacial score (nSPS) is 16.6. The predicted octanol–water partition coefficient (Wildman–Crippen LogP) is 5.74. The number of hydrogen-bond acceptors (Lipinski definition) is 3. The van der Waals surface area contributed by atoms with Gasteiger partial charge in [-0.1, -0.05) is 32.9 Å². The summed E-state index contributed by atoms with van der Waals surface area (Å²) in [5.41, 5.74) is 4.81. The average molecular weight is 377 g/mol. The van der Waals surface area contributed by atoms with Crippen molar-refractivity contribution in [1.82, 2.24) is 9.97 Å². The minimum absolute atomic E-state index is 0.193. The van der Waals surface area contributed by atoms with E-state index in [4.69, 9.17) is 9.72 Å². The number of imidazole rings is 1. The number of nitrogens with one attached hydrogen (secondary N) is 1. The first-order chi connectivity index (χ1) is 13.4. The molecule has 0 amide bonds. The second-order valence-corrected chi connectivity index (χ2v) is 8.16.